The molecule has 1 unspecified atom stereocenters. The molecule has 0 radical (unpaired) electrons. The van der Waals surface area contributed by atoms with Crippen molar-refractivity contribution in [3.8, 4) is 5.75 Å². The smallest absolute Gasteiger partial charge is 0.123 e. The summed E-state index contributed by atoms with van der Waals surface area (Å²) in [5, 5.41) is 4.18. The van der Waals surface area contributed by atoms with E-state index >= 15 is 0 Å². The average Bonchev–Trinajstić information content (AvgIpc) is 2.75. The van der Waals surface area contributed by atoms with Gasteiger partial charge in [0.1, 0.15) is 11.9 Å². The lowest BCUT2D eigenvalue weighted by Gasteiger charge is -2.11. The van der Waals surface area contributed by atoms with Crippen molar-refractivity contribution in [2.45, 2.75) is 25.9 Å². The maximum atomic E-state index is 5.96. The topological polar surface area (TPSA) is 30.5 Å². The van der Waals surface area contributed by atoms with Gasteiger partial charge in [0, 0.05) is 31.2 Å². The fourth-order valence-electron chi connectivity index (χ4n) is 2.11. The number of ether oxygens (including phenoxy) is 2. The minimum absolute atomic E-state index is 0.227. The Kier molecular flexibility index (Phi) is 5.29. The van der Waals surface area contributed by atoms with Gasteiger partial charge in [-0.05, 0) is 43.7 Å². The van der Waals surface area contributed by atoms with Crippen molar-refractivity contribution in [2.75, 3.05) is 26.3 Å². The van der Waals surface area contributed by atoms with E-state index in [1.54, 1.807) is 0 Å². The van der Waals surface area contributed by atoms with E-state index in [4.69, 9.17) is 21.1 Å². The minimum Gasteiger partial charge on any atom is -0.488 e. The van der Waals surface area contributed by atoms with Crippen LogP contribution in [-0.2, 0) is 11.2 Å². The number of nitrogens with one attached hydrogen (secondary N) is 1. The van der Waals surface area contributed by atoms with Gasteiger partial charge >= 0.3 is 0 Å². The third kappa shape index (κ3) is 3.87. The molecule has 18 heavy (non-hydrogen) atoms. The summed E-state index contributed by atoms with van der Waals surface area (Å²) in [7, 11) is 0. The van der Waals surface area contributed by atoms with E-state index in [1.165, 1.54) is 5.56 Å². The van der Waals surface area contributed by atoms with E-state index < -0.39 is 0 Å². The van der Waals surface area contributed by atoms with Gasteiger partial charge in [0.15, 0.2) is 0 Å². The number of benzene rings is 1. The lowest BCUT2D eigenvalue weighted by atomic mass is 10.1. The lowest BCUT2D eigenvalue weighted by molar-refractivity contribution is 0.143. The molecule has 1 atom stereocenters. The van der Waals surface area contributed by atoms with Crippen LogP contribution in [0.5, 0.6) is 5.75 Å². The van der Waals surface area contributed by atoms with Gasteiger partial charge in [-0.1, -0.05) is 11.6 Å². The van der Waals surface area contributed by atoms with Gasteiger partial charge in [0.05, 0.1) is 0 Å². The molecule has 3 nitrogen and oxygen atoms in total. The van der Waals surface area contributed by atoms with Crippen molar-refractivity contribution < 1.29 is 9.47 Å². The van der Waals surface area contributed by atoms with Crippen LogP contribution in [0.3, 0.4) is 0 Å². The summed E-state index contributed by atoms with van der Waals surface area (Å²) in [5.74, 6) is 0.973. The Morgan fingerprint density at radius 2 is 2.39 bits per heavy atom. The Morgan fingerprint density at radius 3 is 3.22 bits per heavy atom. The zero-order chi connectivity index (χ0) is 12.8. The van der Waals surface area contributed by atoms with Gasteiger partial charge in [-0.3, -0.25) is 0 Å². The highest BCUT2D eigenvalue weighted by Crippen LogP contribution is 2.30. The predicted molar refractivity (Wildman–Crippen MR) is 73.6 cm³/mol. The van der Waals surface area contributed by atoms with Crippen LogP contribution in [0.2, 0.25) is 5.02 Å². The molecule has 0 fully saturated rings. The SMILES string of the molecule is CCOCCCNCC1Cc2cc(Cl)ccc2O1. The summed E-state index contributed by atoms with van der Waals surface area (Å²) in [6.07, 6.45) is 2.21. The Hall–Kier alpha value is -0.770. The van der Waals surface area contributed by atoms with Crippen LogP contribution in [-0.4, -0.2) is 32.4 Å². The molecule has 0 bridgehead atoms. The monoisotopic (exact) mass is 269 g/mol. The zero-order valence-corrected chi connectivity index (χ0v) is 11.5. The van der Waals surface area contributed by atoms with Gasteiger partial charge in [0.2, 0.25) is 0 Å². The van der Waals surface area contributed by atoms with Crippen molar-refractivity contribution in [1.82, 2.24) is 5.32 Å². The summed E-state index contributed by atoms with van der Waals surface area (Å²) in [6.45, 7) is 5.48. The molecule has 1 N–H and O–H groups in total. The number of fused-ring (bicyclic) bond motifs is 1. The zero-order valence-electron chi connectivity index (χ0n) is 10.7. The molecule has 1 heterocycles. The van der Waals surface area contributed by atoms with E-state index in [0.29, 0.717) is 0 Å². The van der Waals surface area contributed by atoms with Gasteiger partial charge in [-0.25, -0.2) is 0 Å². The second-order valence-corrected chi connectivity index (χ2v) is 4.89. The molecule has 0 amide bonds. The average molecular weight is 270 g/mol. The fraction of sp³-hybridized carbons (Fsp3) is 0.571. The van der Waals surface area contributed by atoms with E-state index in [9.17, 15) is 0 Å². The molecule has 0 saturated carbocycles. The standard InChI is InChI=1S/C14H20ClNO2/c1-2-17-7-3-6-16-10-13-9-11-8-12(15)4-5-14(11)18-13/h4-5,8,13,16H,2-3,6-7,9-10H2,1H3. The Labute approximate surface area is 113 Å². The van der Waals surface area contributed by atoms with Crippen LogP contribution < -0.4 is 10.1 Å². The summed E-state index contributed by atoms with van der Waals surface area (Å²) in [5.41, 5.74) is 1.21. The van der Waals surface area contributed by atoms with Crippen molar-refractivity contribution >= 4 is 11.6 Å². The molecule has 0 aromatic heterocycles. The largest absolute Gasteiger partial charge is 0.488 e. The molecule has 100 valence electrons. The number of halogens is 1. The van der Waals surface area contributed by atoms with Gasteiger partial charge in [0.25, 0.3) is 0 Å². The molecule has 0 aliphatic carbocycles. The molecular formula is C14H20ClNO2. The van der Waals surface area contributed by atoms with Crippen LogP contribution in [0.25, 0.3) is 0 Å². The Balaban J connectivity index is 1.65. The van der Waals surface area contributed by atoms with Crippen LogP contribution in [0.15, 0.2) is 18.2 Å². The second-order valence-electron chi connectivity index (χ2n) is 4.45. The van der Waals surface area contributed by atoms with Gasteiger partial charge in [-0.15, -0.1) is 0 Å². The third-order valence-electron chi connectivity index (χ3n) is 2.98. The van der Waals surface area contributed by atoms with Gasteiger partial charge in [-0.2, -0.15) is 0 Å². The maximum Gasteiger partial charge on any atom is 0.123 e. The minimum atomic E-state index is 0.227. The number of hydrogen-bond acceptors (Lipinski definition) is 3. The summed E-state index contributed by atoms with van der Waals surface area (Å²) < 4.78 is 11.1. The first-order chi connectivity index (χ1) is 8.79. The molecule has 0 saturated heterocycles. The lowest BCUT2D eigenvalue weighted by Crippen LogP contribution is -2.31. The first-order valence-corrected chi connectivity index (χ1v) is 6.91. The van der Waals surface area contributed by atoms with Crippen molar-refractivity contribution in [1.29, 1.82) is 0 Å². The Morgan fingerprint density at radius 1 is 1.50 bits per heavy atom. The molecule has 1 aromatic carbocycles. The second kappa shape index (κ2) is 6.98. The fourth-order valence-corrected chi connectivity index (χ4v) is 2.30. The highest BCUT2D eigenvalue weighted by atomic mass is 35.5. The van der Waals surface area contributed by atoms with Crippen LogP contribution in [0, 0.1) is 0 Å². The predicted octanol–water partition coefficient (Wildman–Crippen LogP) is 2.66. The first kappa shape index (κ1) is 13.7. The first-order valence-electron chi connectivity index (χ1n) is 6.53. The van der Waals surface area contributed by atoms with Crippen LogP contribution >= 0.6 is 11.6 Å². The third-order valence-corrected chi connectivity index (χ3v) is 3.22. The van der Waals surface area contributed by atoms with Crippen LogP contribution in [0.1, 0.15) is 18.9 Å². The Bertz CT molecular complexity index is 384. The molecule has 1 aliphatic heterocycles. The van der Waals surface area contributed by atoms with Gasteiger partial charge < -0.3 is 14.8 Å². The normalized spacial score (nSPS) is 17.6. The highest BCUT2D eigenvalue weighted by molar-refractivity contribution is 6.30. The van der Waals surface area contributed by atoms with Crippen LogP contribution in [0.4, 0.5) is 0 Å². The maximum absolute atomic E-state index is 5.96. The summed E-state index contributed by atoms with van der Waals surface area (Å²) in [6, 6.07) is 5.82. The van der Waals surface area contributed by atoms with Crippen molar-refractivity contribution in [2.24, 2.45) is 0 Å². The molecule has 1 aliphatic rings. The van der Waals surface area contributed by atoms with Crippen molar-refractivity contribution in [3.05, 3.63) is 28.8 Å². The molecular weight excluding hydrogens is 250 g/mol. The summed E-state index contributed by atoms with van der Waals surface area (Å²) in [4.78, 5) is 0. The molecule has 0 spiro atoms. The molecule has 4 heteroatoms. The van der Waals surface area contributed by atoms with E-state index in [-0.39, 0.29) is 6.10 Å². The number of hydrogen-bond donors (Lipinski definition) is 1. The highest BCUT2D eigenvalue weighted by Gasteiger charge is 2.22. The van der Waals surface area contributed by atoms with E-state index in [0.717, 1.165) is 49.9 Å². The number of rotatable bonds is 7. The van der Waals surface area contributed by atoms with E-state index in [1.807, 2.05) is 25.1 Å². The molecule has 1 aromatic rings. The van der Waals surface area contributed by atoms with E-state index in [2.05, 4.69) is 5.32 Å². The quantitative estimate of drug-likeness (QED) is 0.772. The summed E-state index contributed by atoms with van der Waals surface area (Å²) >= 11 is 5.96. The van der Waals surface area contributed by atoms with Crippen molar-refractivity contribution in [3.63, 3.8) is 0 Å². The molecule has 2 rings (SSSR count).